The van der Waals surface area contributed by atoms with Crippen molar-refractivity contribution in [2.45, 2.75) is 0 Å². The molecule has 0 N–H and O–H groups in total. The van der Waals surface area contributed by atoms with Gasteiger partial charge in [0.1, 0.15) is 17.9 Å². The standard InChI is InChI=1S/C23H21BrN2O6/c1-5-11-32-18-13-16(24)15(12-17(18)29-2)20-19(22(27)30-3)21(23(28)31-4)26(25-20)14-9-7-6-8-10-14/h5-10,12-13H,1,11H2,2-4H3. The highest BCUT2D eigenvalue weighted by atomic mass is 79.9. The first-order valence-corrected chi connectivity index (χ1v) is 10.2. The average Bonchev–Trinajstić information content (AvgIpc) is 3.22. The van der Waals surface area contributed by atoms with E-state index in [-0.39, 0.29) is 23.6 Å². The summed E-state index contributed by atoms with van der Waals surface area (Å²) in [4.78, 5) is 25.5. The van der Waals surface area contributed by atoms with Gasteiger partial charge in [-0.15, -0.1) is 0 Å². The summed E-state index contributed by atoms with van der Waals surface area (Å²) in [6.07, 6.45) is 1.61. The number of hydrogen-bond donors (Lipinski definition) is 0. The third kappa shape index (κ3) is 4.38. The summed E-state index contributed by atoms with van der Waals surface area (Å²) in [6, 6.07) is 12.3. The van der Waals surface area contributed by atoms with Crippen LogP contribution in [0.15, 0.2) is 59.6 Å². The van der Waals surface area contributed by atoms with E-state index in [1.807, 2.05) is 6.07 Å². The largest absolute Gasteiger partial charge is 0.493 e. The van der Waals surface area contributed by atoms with Crippen LogP contribution in [0.5, 0.6) is 11.5 Å². The molecule has 0 amide bonds. The summed E-state index contributed by atoms with van der Waals surface area (Å²) < 4.78 is 22.9. The molecular weight excluding hydrogens is 480 g/mol. The maximum absolute atomic E-state index is 12.8. The maximum Gasteiger partial charge on any atom is 0.357 e. The SMILES string of the molecule is C=CCOc1cc(Br)c(-c2nn(-c3ccccc3)c(C(=O)OC)c2C(=O)OC)cc1OC. The zero-order chi connectivity index (χ0) is 23.3. The smallest absolute Gasteiger partial charge is 0.357 e. The van der Waals surface area contributed by atoms with Gasteiger partial charge in [0.25, 0.3) is 0 Å². The van der Waals surface area contributed by atoms with E-state index < -0.39 is 11.9 Å². The van der Waals surface area contributed by atoms with Crippen molar-refractivity contribution < 1.29 is 28.5 Å². The highest BCUT2D eigenvalue weighted by Gasteiger charge is 2.32. The molecule has 0 radical (unpaired) electrons. The molecule has 0 aliphatic carbocycles. The van der Waals surface area contributed by atoms with Gasteiger partial charge in [-0.05, 0) is 40.2 Å². The Balaban J connectivity index is 2.33. The normalized spacial score (nSPS) is 10.4. The molecule has 0 unspecified atom stereocenters. The van der Waals surface area contributed by atoms with Crippen LogP contribution < -0.4 is 9.47 Å². The second-order valence-electron chi connectivity index (χ2n) is 6.39. The van der Waals surface area contributed by atoms with Crippen LogP contribution in [0.25, 0.3) is 16.9 Å². The van der Waals surface area contributed by atoms with Crippen LogP contribution in [0, 0.1) is 0 Å². The minimum Gasteiger partial charge on any atom is -0.493 e. The van der Waals surface area contributed by atoms with Gasteiger partial charge in [-0.25, -0.2) is 14.3 Å². The molecule has 9 heteroatoms. The molecule has 0 saturated carbocycles. The number of ether oxygens (including phenoxy) is 4. The van der Waals surface area contributed by atoms with Crippen molar-refractivity contribution in [1.29, 1.82) is 0 Å². The minimum absolute atomic E-state index is 0.0364. The Morgan fingerprint density at radius 3 is 2.34 bits per heavy atom. The van der Waals surface area contributed by atoms with E-state index in [2.05, 4.69) is 27.6 Å². The Kier molecular flexibility index (Phi) is 7.32. The number of carbonyl (C=O) groups excluding carboxylic acids is 2. The van der Waals surface area contributed by atoms with E-state index in [0.717, 1.165) is 0 Å². The summed E-state index contributed by atoms with van der Waals surface area (Å²) in [5, 5.41) is 4.59. The third-order valence-corrected chi connectivity index (χ3v) is 5.18. The molecule has 0 aliphatic heterocycles. The molecule has 2 aromatic carbocycles. The van der Waals surface area contributed by atoms with Crippen molar-refractivity contribution >= 4 is 27.9 Å². The van der Waals surface area contributed by atoms with Crippen molar-refractivity contribution in [2.24, 2.45) is 0 Å². The zero-order valence-corrected chi connectivity index (χ0v) is 19.3. The lowest BCUT2D eigenvalue weighted by Crippen LogP contribution is -2.15. The molecule has 32 heavy (non-hydrogen) atoms. The van der Waals surface area contributed by atoms with Crippen LogP contribution in [-0.2, 0) is 9.47 Å². The number of hydrogen-bond acceptors (Lipinski definition) is 7. The van der Waals surface area contributed by atoms with E-state index in [0.29, 0.717) is 27.2 Å². The lowest BCUT2D eigenvalue weighted by Gasteiger charge is -2.13. The highest BCUT2D eigenvalue weighted by molar-refractivity contribution is 9.10. The Morgan fingerprint density at radius 2 is 1.75 bits per heavy atom. The van der Waals surface area contributed by atoms with Gasteiger partial charge in [0.2, 0.25) is 0 Å². The van der Waals surface area contributed by atoms with Crippen molar-refractivity contribution in [2.75, 3.05) is 27.9 Å². The first-order chi connectivity index (χ1) is 15.5. The molecule has 0 spiro atoms. The predicted octanol–water partition coefficient (Wildman–Crippen LogP) is 4.45. The van der Waals surface area contributed by atoms with E-state index in [1.165, 1.54) is 26.0 Å². The molecule has 0 aliphatic rings. The van der Waals surface area contributed by atoms with Gasteiger partial charge in [0, 0.05) is 10.0 Å². The number of methoxy groups -OCH3 is 3. The Morgan fingerprint density at radius 1 is 1.06 bits per heavy atom. The first-order valence-electron chi connectivity index (χ1n) is 9.43. The fourth-order valence-electron chi connectivity index (χ4n) is 3.08. The summed E-state index contributed by atoms with van der Waals surface area (Å²) in [5.41, 5.74) is 1.18. The van der Waals surface area contributed by atoms with Crippen LogP contribution in [0.2, 0.25) is 0 Å². The summed E-state index contributed by atoms with van der Waals surface area (Å²) in [7, 11) is 3.96. The van der Waals surface area contributed by atoms with Gasteiger partial charge in [-0.3, -0.25) is 0 Å². The summed E-state index contributed by atoms with van der Waals surface area (Å²) >= 11 is 3.51. The Bertz CT molecular complexity index is 1160. The molecule has 0 atom stereocenters. The van der Waals surface area contributed by atoms with Crippen LogP contribution in [0.1, 0.15) is 20.8 Å². The monoisotopic (exact) mass is 500 g/mol. The molecule has 0 fully saturated rings. The maximum atomic E-state index is 12.8. The molecule has 0 bridgehead atoms. The quantitative estimate of drug-likeness (QED) is 0.333. The Labute approximate surface area is 193 Å². The number of carbonyl (C=O) groups is 2. The van der Waals surface area contributed by atoms with E-state index in [1.54, 1.807) is 42.5 Å². The molecule has 3 rings (SSSR count). The third-order valence-electron chi connectivity index (χ3n) is 4.52. The number of halogens is 1. The second kappa shape index (κ2) is 10.1. The molecule has 1 aromatic heterocycles. The number of aromatic nitrogens is 2. The molecule has 0 saturated heterocycles. The van der Waals surface area contributed by atoms with Gasteiger partial charge in [-0.1, -0.05) is 30.9 Å². The number of nitrogens with zero attached hydrogens (tertiary/aromatic N) is 2. The summed E-state index contributed by atoms with van der Waals surface area (Å²) in [6.45, 7) is 3.92. The van der Waals surface area contributed by atoms with Gasteiger partial charge in [-0.2, -0.15) is 5.10 Å². The van der Waals surface area contributed by atoms with Gasteiger partial charge < -0.3 is 18.9 Å². The molecule has 3 aromatic rings. The fourth-order valence-corrected chi connectivity index (χ4v) is 3.59. The second-order valence-corrected chi connectivity index (χ2v) is 7.24. The average molecular weight is 501 g/mol. The fraction of sp³-hybridized carbons (Fsp3) is 0.174. The zero-order valence-electron chi connectivity index (χ0n) is 17.8. The number of esters is 2. The lowest BCUT2D eigenvalue weighted by molar-refractivity contribution is 0.0549. The van der Waals surface area contributed by atoms with Crippen molar-refractivity contribution in [3.8, 4) is 28.4 Å². The lowest BCUT2D eigenvalue weighted by atomic mass is 10.0. The molecular formula is C23H21BrN2O6. The topological polar surface area (TPSA) is 88.9 Å². The number of rotatable bonds is 8. The van der Waals surface area contributed by atoms with E-state index >= 15 is 0 Å². The van der Waals surface area contributed by atoms with Gasteiger partial charge >= 0.3 is 11.9 Å². The Hall–Kier alpha value is -3.59. The van der Waals surface area contributed by atoms with Crippen LogP contribution in [0.3, 0.4) is 0 Å². The van der Waals surface area contributed by atoms with Crippen molar-refractivity contribution in [3.05, 3.63) is 70.8 Å². The van der Waals surface area contributed by atoms with Crippen molar-refractivity contribution in [3.63, 3.8) is 0 Å². The van der Waals surface area contributed by atoms with E-state index in [4.69, 9.17) is 18.9 Å². The highest BCUT2D eigenvalue weighted by Crippen LogP contribution is 2.40. The molecule has 1 heterocycles. The van der Waals surface area contributed by atoms with Crippen LogP contribution in [-0.4, -0.2) is 49.7 Å². The number of benzene rings is 2. The van der Waals surface area contributed by atoms with Crippen LogP contribution >= 0.6 is 15.9 Å². The first kappa shape index (κ1) is 23.1. The predicted molar refractivity (Wildman–Crippen MR) is 122 cm³/mol. The molecule has 8 nitrogen and oxygen atoms in total. The number of para-hydroxylation sites is 1. The summed E-state index contributed by atoms with van der Waals surface area (Å²) in [5.74, 6) is -0.587. The molecule has 166 valence electrons. The van der Waals surface area contributed by atoms with E-state index in [9.17, 15) is 9.59 Å². The van der Waals surface area contributed by atoms with Gasteiger partial charge in [0.15, 0.2) is 17.2 Å². The van der Waals surface area contributed by atoms with Crippen molar-refractivity contribution in [1.82, 2.24) is 9.78 Å². The van der Waals surface area contributed by atoms with Crippen LogP contribution in [0.4, 0.5) is 0 Å². The van der Waals surface area contributed by atoms with Gasteiger partial charge in [0.05, 0.1) is 27.0 Å². The minimum atomic E-state index is -0.736.